The Kier molecular flexibility index (Phi) is 2.53. The molecule has 1 aliphatic rings. The van der Waals surface area contributed by atoms with Gasteiger partial charge in [0.1, 0.15) is 0 Å². The van der Waals surface area contributed by atoms with Crippen LogP contribution in [0.15, 0.2) is 9.85 Å². The van der Waals surface area contributed by atoms with Crippen molar-refractivity contribution in [3.63, 3.8) is 0 Å². The fourth-order valence-corrected chi connectivity index (χ4v) is 3.25. The van der Waals surface area contributed by atoms with E-state index in [2.05, 4.69) is 29.8 Å². The van der Waals surface area contributed by atoms with Crippen LogP contribution in [0.5, 0.6) is 0 Å². The summed E-state index contributed by atoms with van der Waals surface area (Å²) in [5.41, 5.74) is 0.194. The van der Waals surface area contributed by atoms with Crippen molar-refractivity contribution in [3.05, 3.63) is 19.8 Å². The molecule has 1 heterocycles. The molecular formula is C10H10BrClOS. The third-order valence-corrected chi connectivity index (χ3v) is 5.21. The first-order chi connectivity index (χ1) is 6.42. The molecule has 1 atom stereocenters. The van der Waals surface area contributed by atoms with Crippen LogP contribution < -0.4 is 0 Å². The number of rotatable bonds is 2. The van der Waals surface area contributed by atoms with Crippen molar-refractivity contribution >= 4 is 44.7 Å². The molecule has 0 aromatic carbocycles. The van der Waals surface area contributed by atoms with E-state index in [-0.39, 0.29) is 17.1 Å². The molecule has 1 aromatic heterocycles. The molecule has 0 spiro atoms. The van der Waals surface area contributed by atoms with Gasteiger partial charge < -0.3 is 0 Å². The van der Waals surface area contributed by atoms with Gasteiger partial charge in [0, 0.05) is 5.92 Å². The van der Waals surface area contributed by atoms with Crippen molar-refractivity contribution in [2.75, 3.05) is 0 Å². The largest absolute Gasteiger partial charge is 0.293 e. The molecule has 2 rings (SSSR count). The second-order valence-electron chi connectivity index (χ2n) is 4.34. The van der Waals surface area contributed by atoms with Crippen LogP contribution in [0.2, 0.25) is 5.02 Å². The van der Waals surface area contributed by atoms with E-state index in [0.717, 1.165) is 15.1 Å². The summed E-state index contributed by atoms with van der Waals surface area (Å²) < 4.78 is 0.848. The maximum absolute atomic E-state index is 11.9. The molecule has 0 radical (unpaired) electrons. The van der Waals surface area contributed by atoms with Gasteiger partial charge in [0.25, 0.3) is 0 Å². The molecule has 0 saturated heterocycles. The molecule has 0 aliphatic heterocycles. The van der Waals surface area contributed by atoms with E-state index in [4.69, 9.17) is 11.6 Å². The lowest BCUT2D eigenvalue weighted by atomic mass is 10.1. The summed E-state index contributed by atoms with van der Waals surface area (Å²) >= 11 is 10.6. The van der Waals surface area contributed by atoms with Gasteiger partial charge in [-0.15, -0.1) is 11.3 Å². The third kappa shape index (κ3) is 1.77. The van der Waals surface area contributed by atoms with Gasteiger partial charge in [-0.25, -0.2) is 0 Å². The predicted octanol–water partition coefficient (Wildman–Crippen LogP) is 4.39. The summed E-state index contributed by atoms with van der Waals surface area (Å²) in [6.07, 6.45) is 0.999. The Morgan fingerprint density at radius 2 is 2.29 bits per heavy atom. The monoisotopic (exact) mass is 292 g/mol. The Bertz CT molecular complexity index is 377. The Hall–Kier alpha value is 0.140. The van der Waals surface area contributed by atoms with Crippen LogP contribution in [-0.2, 0) is 0 Å². The van der Waals surface area contributed by atoms with Crippen molar-refractivity contribution in [1.29, 1.82) is 0 Å². The Morgan fingerprint density at radius 3 is 2.64 bits per heavy atom. The second-order valence-corrected chi connectivity index (χ2v) is 7.12. The van der Waals surface area contributed by atoms with Crippen LogP contribution in [0.1, 0.15) is 29.9 Å². The van der Waals surface area contributed by atoms with Crippen LogP contribution in [0.25, 0.3) is 0 Å². The zero-order valence-corrected chi connectivity index (χ0v) is 11.1. The number of ketones is 1. The molecule has 1 unspecified atom stereocenters. The lowest BCUT2D eigenvalue weighted by Gasteiger charge is -1.99. The van der Waals surface area contributed by atoms with E-state index < -0.39 is 0 Å². The van der Waals surface area contributed by atoms with Crippen LogP contribution in [0.3, 0.4) is 0 Å². The minimum absolute atomic E-state index is 0.194. The van der Waals surface area contributed by atoms with Gasteiger partial charge in [0.15, 0.2) is 5.78 Å². The lowest BCUT2D eigenvalue weighted by Crippen LogP contribution is -2.04. The zero-order valence-electron chi connectivity index (χ0n) is 7.93. The van der Waals surface area contributed by atoms with Gasteiger partial charge in [0.05, 0.1) is 13.7 Å². The number of carbonyl (C=O) groups is 1. The fraction of sp³-hybridized carbons (Fsp3) is 0.500. The predicted molar refractivity (Wildman–Crippen MR) is 63.2 cm³/mol. The van der Waals surface area contributed by atoms with E-state index in [0.29, 0.717) is 5.02 Å². The summed E-state index contributed by atoms with van der Waals surface area (Å²) in [7, 11) is 0. The molecule has 0 amide bonds. The van der Waals surface area contributed by atoms with E-state index in [1.54, 1.807) is 6.07 Å². The second kappa shape index (κ2) is 3.32. The molecule has 1 aliphatic carbocycles. The van der Waals surface area contributed by atoms with Crippen LogP contribution in [-0.4, -0.2) is 5.78 Å². The summed E-state index contributed by atoms with van der Waals surface area (Å²) in [4.78, 5) is 12.7. The normalized spacial score (nSPS) is 23.6. The van der Waals surface area contributed by atoms with Crippen molar-refractivity contribution in [1.82, 2.24) is 0 Å². The van der Waals surface area contributed by atoms with Gasteiger partial charge in [-0.2, -0.15) is 0 Å². The van der Waals surface area contributed by atoms with Gasteiger partial charge >= 0.3 is 0 Å². The summed E-state index contributed by atoms with van der Waals surface area (Å²) in [5, 5.41) is 0.636. The number of halogens is 2. The maximum atomic E-state index is 11.9. The Labute approximate surface area is 101 Å². The average molecular weight is 294 g/mol. The van der Waals surface area contributed by atoms with E-state index in [1.807, 2.05) is 0 Å². The topological polar surface area (TPSA) is 17.1 Å². The molecule has 1 nitrogen and oxygen atoms in total. The molecule has 1 fully saturated rings. The zero-order chi connectivity index (χ0) is 10.5. The van der Waals surface area contributed by atoms with Crippen molar-refractivity contribution in [2.24, 2.45) is 11.3 Å². The number of hydrogen-bond acceptors (Lipinski definition) is 2. The molecular weight excluding hydrogens is 284 g/mol. The standard InChI is InChI=1S/C10H10BrClOS/c1-10(2)4-5(10)8(13)7-3-6(12)9(11)14-7/h3,5H,4H2,1-2H3. The quantitative estimate of drug-likeness (QED) is 0.739. The van der Waals surface area contributed by atoms with Gasteiger partial charge in [-0.1, -0.05) is 25.4 Å². The molecule has 0 bridgehead atoms. The highest BCUT2D eigenvalue weighted by Crippen LogP contribution is 2.53. The van der Waals surface area contributed by atoms with Crippen molar-refractivity contribution in [3.8, 4) is 0 Å². The summed E-state index contributed by atoms with van der Waals surface area (Å²) in [5.74, 6) is 0.441. The smallest absolute Gasteiger partial charge is 0.176 e. The van der Waals surface area contributed by atoms with Crippen LogP contribution in [0.4, 0.5) is 0 Å². The first kappa shape index (κ1) is 10.7. The molecule has 0 N–H and O–H groups in total. The lowest BCUT2D eigenvalue weighted by molar-refractivity contribution is 0.0957. The Balaban J connectivity index is 2.21. The van der Waals surface area contributed by atoms with Gasteiger partial charge in [-0.05, 0) is 33.8 Å². The SMILES string of the molecule is CC1(C)CC1C(=O)c1cc(Cl)c(Br)s1. The van der Waals surface area contributed by atoms with E-state index in [9.17, 15) is 4.79 Å². The first-order valence-corrected chi connectivity index (χ1v) is 6.39. The third-order valence-electron chi connectivity index (χ3n) is 2.72. The highest BCUT2D eigenvalue weighted by atomic mass is 79.9. The number of carbonyl (C=O) groups excluding carboxylic acids is 1. The van der Waals surface area contributed by atoms with Crippen molar-refractivity contribution < 1.29 is 4.79 Å². The minimum Gasteiger partial charge on any atom is -0.293 e. The van der Waals surface area contributed by atoms with Gasteiger partial charge in [-0.3, -0.25) is 4.79 Å². The number of hydrogen-bond donors (Lipinski definition) is 0. The molecule has 1 aromatic rings. The van der Waals surface area contributed by atoms with Gasteiger partial charge in [0.2, 0.25) is 0 Å². The summed E-state index contributed by atoms with van der Waals surface area (Å²) in [6, 6.07) is 1.76. The van der Waals surface area contributed by atoms with E-state index >= 15 is 0 Å². The molecule has 76 valence electrons. The molecule has 1 saturated carbocycles. The van der Waals surface area contributed by atoms with Crippen molar-refractivity contribution in [2.45, 2.75) is 20.3 Å². The highest BCUT2D eigenvalue weighted by Gasteiger charge is 2.50. The number of Topliss-reactive ketones (excluding diaryl/α,β-unsaturated/α-hetero) is 1. The summed E-state index contributed by atoms with van der Waals surface area (Å²) in [6.45, 7) is 4.25. The first-order valence-electron chi connectivity index (χ1n) is 4.41. The fourth-order valence-electron chi connectivity index (χ4n) is 1.55. The maximum Gasteiger partial charge on any atom is 0.176 e. The number of thiophene rings is 1. The average Bonchev–Trinajstić information content (AvgIpc) is 2.59. The Morgan fingerprint density at radius 1 is 1.71 bits per heavy atom. The minimum atomic E-state index is 0.194. The van der Waals surface area contributed by atoms with Crippen LogP contribution >= 0.6 is 38.9 Å². The molecule has 4 heteroatoms. The van der Waals surface area contributed by atoms with E-state index in [1.165, 1.54) is 11.3 Å². The molecule has 14 heavy (non-hydrogen) atoms. The highest BCUT2D eigenvalue weighted by molar-refractivity contribution is 9.11. The van der Waals surface area contributed by atoms with Crippen LogP contribution in [0, 0.1) is 11.3 Å².